The first-order chi connectivity index (χ1) is 16.1. The minimum Gasteiger partial charge on any atom is -0.331 e. The van der Waals surface area contributed by atoms with E-state index in [1.54, 1.807) is 29.1 Å². The van der Waals surface area contributed by atoms with Crippen LogP contribution in [0.15, 0.2) is 55.4 Å². The van der Waals surface area contributed by atoms with Crippen LogP contribution in [-0.4, -0.2) is 50.2 Å². The van der Waals surface area contributed by atoms with E-state index in [4.69, 9.17) is 0 Å². The first-order valence-corrected chi connectivity index (χ1v) is 9.66. The fraction of sp³-hybridized carbons (Fsp3) is 0.294. The second-order valence-electron chi connectivity index (χ2n) is 7.16. The third-order valence-corrected chi connectivity index (χ3v) is 4.83. The first kappa shape index (κ1) is 23.7. The molecule has 17 heteroatoms. The normalized spacial score (nSPS) is 10.7. The molecule has 0 unspecified atom stereocenters. The number of nitrogens with zero attached hydrogens (tertiary/aromatic N) is 9. The van der Waals surface area contributed by atoms with Crippen LogP contribution in [0.25, 0.3) is 0 Å². The molecule has 0 radical (unpaired) electrons. The Morgan fingerprint density at radius 1 is 0.706 bits per heavy atom. The summed E-state index contributed by atoms with van der Waals surface area (Å²) in [4.78, 5) is 43.8. The standard InChI is InChI=1S/C17H19N9O8/c27-23(28)16-4-7-19(10-16)13-21(25(31)32)8-3-15-9-20(11-17(15)24(29)30)14-22(26(33)34)12-18-5-1-2-6-18/h1-2,4-7,9-11H,3,8,12-14H2. The summed E-state index contributed by atoms with van der Waals surface area (Å²) in [6, 6.07) is 4.59. The summed E-state index contributed by atoms with van der Waals surface area (Å²) < 4.78 is 4.07. The van der Waals surface area contributed by atoms with Crippen LogP contribution in [0.2, 0.25) is 0 Å². The molecule has 0 bridgehead atoms. The minimum atomic E-state index is -0.708. The Morgan fingerprint density at radius 2 is 1.32 bits per heavy atom. The average Bonchev–Trinajstić information content (AvgIpc) is 3.51. The topological polar surface area (TPSA) is 194 Å². The Kier molecular flexibility index (Phi) is 7.04. The minimum absolute atomic E-state index is 0.0978. The van der Waals surface area contributed by atoms with Crippen LogP contribution >= 0.6 is 0 Å². The maximum Gasteiger partial charge on any atom is 0.290 e. The van der Waals surface area contributed by atoms with Crippen molar-refractivity contribution in [2.45, 2.75) is 26.4 Å². The third kappa shape index (κ3) is 5.84. The van der Waals surface area contributed by atoms with Crippen LogP contribution in [0.1, 0.15) is 5.56 Å². The molecule has 0 spiro atoms. The number of hydrogen-bond donors (Lipinski definition) is 0. The monoisotopic (exact) mass is 477 g/mol. The van der Waals surface area contributed by atoms with E-state index in [9.17, 15) is 40.5 Å². The lowest BCUT2D eigenvalue weighted by atomic mass is 10.2. The lowest BCUT2D eigenvalue weighted by Gasteiger charge is -2.15. The molecule has 17 nitrogen and oxygen atoms in total. The quantitative estimate of drug-likeness (QED) is 0.258. The summed E-state index contributed by atoms with van der Waals surface area (Å²) in [5.41, 5.74) is -0.407. The van der Waals surface area contributed by atoms with Crippen molar-refractivity contribution in [1.29, 1.82) is 0 Å². The molecule has 0 saturated carbocycles. The van der Waals surface area contributed by atoms with Gasteiger partial charge in [0.1, 0.15) is 0 Å². The molecule has 0 atom stereocenters. The molecule has 0 aromatic carbocycles. The Balaban J connectivity index is 1.72. The molecule has 34 heavy (non-hydrogen) atoms. The third-order valence-electron chi connectivity index (χ3n) is 4.83. The van der Waals surface area contributed by atoms with Crippen molar-refractivity contribution in [2.24, 2.45) is 0 Å². The van der Waals surface area contributed by atoms with Crippen molar-refractivity contribution in [2.75, 3.05) is 6.54 Å². The van der Waals surface area contributed by atoms with Crippen molar-refractivity contribution in [1.82, 2.24) is 23.7 Å². The van der Waals surface area contributed by atoms with E-state index in [1.807, 2.05) is 0 Å². The smallest absolute Gasteiger partial charge is 0.290 e. The summed E-state index contributed by atoms with van der Waals surface area (Å²) in [5.74, 6) is 0. The zero-order valence-electron chi connectivity index (χ0n) is 17.5. The van der Waals surface area contributed by atoms with Crippen molar-refractivity contribution in [3.63, 3.8) is 0 Å². The lowest BCUT2D eigenvalue weighted by molar-refractivity contribution is -0.670. The van der Waals surface area contributed by atoms with Gasteiger partial charge >= 0.3 is 0 Å². The van der Waals surface area contributed by atoms with Crippen LogP contribution < -0.4 is 0 Å². The van der Waals surface area contributed by atoms with Gasteiger partial charge in [-0.25, -0.2) is 20.2 Å². The van der Waals surface area contributed by atoms with E-state index in [0.29, 0.717) is 0 Å². The van der Waals surface area contributed by atoms with Gasteiger partial charge in [-0.05, 0) is 12.1 Å². The highest BCUT2D eigenvalue weighted by Gasteiger charge is 2.24. The van der Waals surface area contributed by atoms with Crippen LogP contribution in [0.5, 0.6) is 0 Å². The highest BCUT2D eigenvalue weighted by atomic mass is 16.7. The van der Waals surface area contributed by atoms with Gasteiger partial charge in [0.25, 0.3) is 11.4 Å². The van der Waals surface area contributed by atoms with Crippen LogP contribution in [0, 0.1) is 40.5 Å². The zero-order valence-corrected chi connectivity index (χ0v) is 17.5. The Bertz CT molecular complexity index is 1190. The number of rotatable bonds is 13. The summed E-state index contributed by atoms with van der Waals surface area (Å²) in [5, 5.41) is 45.3. The summed E-state index contributed by atoms with van der Waals surface area (Å²) >= 11 is 0. The van der Waals surface area contributed by atoms with E-state index in [-0.39, 0.29) is 49.9 Å². The first-order valence-electron chi connectivity index (χ1n) is 9.66. The molecule has 3 aromatic rings. The van der Waals surface area contributed by atoms with E-state index < -0.39 is 19.9 Å². The number of hydrazine groups is 2. The van der Waals surface area contributed by atoms with E-state index >= 15 is 0 Å². The molecule has 3 aromatic heterocycles. The summed E-state index contributed by atoms with van der Waals surface area (Å²) in [6.07, 6.45) is 8.06. The van der Waals surface area contributed by atoms with Gasteiger partial charge in [-0.15, -0.1) is 5.01 Å². The highest BCUT2D eigenvalue weighted by Crippen LogP contribution is 2.21. The SMILES string of the molecule is O=[N+]([O-])c1ccn(CN(CCc2cn(CN(Cn3cccc3)[N+](=O)[O-])cc2[N+](=O)[O-])[N+](=O)[O-])c1. The highest BCUT2D eigenvalue weighted by molar-refractivity contribution is 5.38. The second-order valence-corrected chi connectivity index (χ2v) is 7.16. The Labute approximate surface area is 190 Å². The fourth-order valence-electron chi connectivity index (χ4n) is 3.24. The van der Waals surface area contributed by atoms with E-state index in [2.05, 4.69) is 0 Å². The van der Waals surface area contributed by atoms with Gasteiger partial charge in [0.15, 0.2) is 30.1 Å². The molecule has 0 fully saturated rings. The molecular formula is C17H19N9O8. The van der Waals surface area contributed by atoms with Gasteiger partial charge in [0.2, 0.25) is 0 Å². The molecule has 3 rings (SSSR count). The number of aromatic nitrogens is 3. The molecule has 0 N–H and O–H groups in total. The van der Waals surface area contributed by atoms with Gasteiger partial charge < -0.3 is 13.7 Å². The van der Waals surface area contributed by atoms with E-state index in [0.717, 1.165) is 22.4 Å². The molecular weight excluding hydrogens is 458 g/mol. The molecule has 0 aliphatic rings. The van der Waals surface area contributed by atoms with E-state index in [1.165, 1.54) is 27.6 Å². The van der Waals surface area contributed by atoms with Crippen LogP contribution in [0.4, 0.5) is 11.4 Å². The van der Waals surface area contributed by atoms with Crippen molar-refractivity contribution >= 4 is 11.4 Å². The Morgan fingerprint density at radius 3 is 1.88 bits per heavy atom. The van der Waals surface area contributed by atoms with Gasteiger partial charge in [-0.3, -0.25) is 20.2 Å². The summed E-state index contributed by atoms with van der Waals surface area (Å²) in [7, 11) is 0. The van der Waals surface area contributed by atoms with Crippen molar-refractivity contribution in [3.8, 4) is 0 Å². The summed E-state index contributed by atoms with van der Waals surface area (Å²) in [6.45, 7) is -0.953. The van der Waals surface area contributed by atoms with Gasteiger partial charge in [0, 0.05) is 42.8 Å². The molecule has 0 saturated heterocycles. The van der Waals surface area contributed by atoms with Crippen molar-refractivity contribution in [3.05, 3.63) is 101 Å². The number of hydrogen-bond acceptors (Lipinski definition) is 8. The maximum absolute atomic E-state index is 11.5. The second kappa shape index (κ2) is 10.1. The van der Waals surface area contributed by atoms with Crippen LogP contribution in [-0.2, 0) is 26.4 Å². The zero-order chi connectivity index (χ0) is 24.8. The largest absolute Gasteiger partial charge is 0.331 e. The molecule has 0 amide bonds. The average molecular weight is 477 g/mol. The predicted molar refractivity (Wildman–Crippen MR) is 113 cm³/mol. The predicted octanol–water partition coefficient (Wildman–Crippen LogP) is 1.71. The van der Waals surface area contributed by atoms with Crippen molar-refractivity contribution < 1.29 is 19.9 Å². The lowest BCUT2D eigenvalue weighted by Crippen LogP contribution is -2.33. The van der Waals surface area contributed by atoms with Gasteiger partial charge in [-0.2, -0.15) is 0 Å². The Hall–Kier alpha value is -4.96. The molecule has 0 aliphatic carbocycles. The molecule has 3 heterocycles. The van der Waals surface area contributed by atoms with Gasteiger partial charge in [-0.1, -0.05) is 5.01 Å². The fourth-order valence-corrected chi connectivity index (χ4v) is 3.24. The molecule has 180 valence electrons. The van der Waals surface area contributed by atoms with Crippen LogP contribution in [0.3, 0.4) is 0 Å². The van der Waals surface area contributed by atoms with Gasteiger partial charge in [0.05, 0.1) is 28.8 Å². The maximum atomic E-state index is 11.5. The number of nitro groups is 4. The molecule has 0 aliphatic heterocycles.